The van der Waals surface area contributed by atoms with Crippen LogP contribution in [0, 0.1) is 0 Å². The van der Waals surface area contributed by atoms with Gasteiger partial charge in [-0.3, -0.25) is 4.68 Å². The van der Waals surface area contributed by atoms with Crippen LogP contribution in [0.5, 0.6) is 0 Å². The second kappa shape index (κ2) is 2.57. The maximum atomic E-state index is 4.06. The third-order valence-electron chi connectivity index (χ3n) is 1.43. The quantitative estimate of drug-likeness (QED) is 0.624. The van der Waals surface area contributed by atoms with Crippen molar-refractivity contribution in [1.29, 1.82) is 0 Å². The summed E-state index contributed by atoms with van der Waals surface area (Å²) >= 11 is 0. The molecule has 0 saturated carbocycles. The molecule has 0 aliphatic heterocycles. The van der Waals surface area contributed by atoms with Gasteiger partial charge in [0.2, 0.25) is 0 Å². The standard InChI is InChI=1S/C7H8N4/c1-2-9-11(4-1)7-10-5-3-8-6-10/h1-6H,7H2. The highest BCUT2D eigenvalue weighted by molar-refractivity contribution is 4.80. The Labute approximate surface area is 64.1 Å². The van der Waals surface area contributed by atoms with Crippen LogP contribution in [0.2, 0.25) is 0 Å². The Bertz CT molecular complexity index is 263. The first-order chi connectivity index (χ1) is 5.45. The molecule has 11 heavy (non-hydrogen) atoms. The second-order valence-electron chi connectivity index (χ2n) is 2.26. The lowest BCUT2D eigenvalue weighted by atomic mass is 10.7. The zero-order valence-electron chi connectivity index (χ0n) is 5.96. The van der Waals surface area contributed by atoms with Crippen LogP contribution >= 0.6 is 0 Å². The van der Waals surface area contributed by atoms with Crippen molar-refractivity contribution in [2.75, 3.05) is 0 Å². The average Bonchev–Trinajstić information content (AvgIpc) is 2.60. The van der Waals surface area contributed by atoms with Gasteiger partial charge in [-0.25, -0.2) is 4.98 Å². The third-order valence-corrected chi connectivity index (χ3v) is 1.43. The largest absolute Gasteiger partial charge is 0.317 e. The summed E-state index contributed by atoms with van der Waals surface area (Å²) in [5, 5.41) is 4.06. The van der Waals surface area contributed by atoms with Crippen molar-refractivity contribution in [3.8, 4) is 0 Å². The third kappa shape index (κ3) is 1.29. The summed E-state index contributed by atoms with van der Waals surface area (Å²) in [4.78, 5) is 3.92. The predicted octanol–water partition coefficient (Wildman–Crippen LogP) is 0.585. The van der Waals surface area contributed by atoms with Crippen LogP contribution in [0.3, 0.4) is 0 Å². The first-order valence-electron chi connectivity index (χ1n) is 3.38. The number of hydrogen-bond acceptors (Lipinski definition) is 2. The maximum absolute atomic E-state index is 4.06. The van der Waals surface area contributed by atoms with Gasteiger partial charge in [-0.15, -0.1) is 0 Å². The van der Waals surface area contributed by atoms with Crippen molar-refractivity contribution in [2.45, 2.75) is 6.67 Å². The van der Waals surface area contributed by atoms with E-state index in [1.165, 1.54) is 0 Å². The molecular formula is C7H8N4. The Morgan fingerprint density at radius 2 is 2.18 bits per heavy atom. The molecule has 0 atom stereocenters. The number of nitrogens with zero attached hydrogens (tertiary/aromatic N) is 4. The van der Waals surface area contributed by atoms with Crippen molar-refractivity contribution < 1.29 is 0 Å². The summed E-state index contributed by atoms with van der Waals surface area (Å²) in [6, 6.07) is 1.90. The molecule has 4 nitrogen and oxygen atoms in total. The zero-order chi connectivity index (χ0) is 7.52. The number of aromatic nitrogens is 4. The van der Waals surface area contributed by atoms with Crippen LogP contribution < -0.4 is 0 Å². The predicted molar refractivity (Wildman–Crippen MR) is 39.9 cm³/mol. The van der Waals surface area contributed by atoms with Gasteiger partial charge in [0.1, 0.15) is 6.67 Å². The monoisotopic (exact) mass is 148 g/mol. The molecule has 0 saturated heterocycles. The number of imidazole rings is 1. The maximum Gasteiger partial charge on any atom is 0.117 e. The van der Waals surface area contributed by atoms with Gasteiger partial charge in [-0.2, -0.15) is 5.10 Å². The van der Waals surface area contributed by atoms with Crippen LogP contribution in [0.15, 0.2) is 37.2 Å². The van der Waals surface area contributed by atoms with Crippen molar-refractivity contribution in [3.63, 3.8) is 0 Å². The molecule has 2 aromatic heterocycles. The molecule has 0 bridgehead atoms. The molecule has 0 radical (unpaired) electrons. The molecule has 0 unspecified atom stereocenters. The smallest absolute Gasteiger partial charge is 0.117 e. The summed E-state index contributed by atoms with van der Waals surface area (Å²) in [6.45, 7) is 0.729. The van der Waals surface area contributed by atoms with E-state index in [9.17, 15) is 0 Å². The van der Waals surface area contributed by atoms with Gasteiger partial charge in [-0.05, 0) is 6.07 Å². The van der Waals surface area contributed by atoms with Gasteiger partial charge >= 0.3 is 0 Å². The Balaban J connectivity index is 2.14. The van der Waals surface area contributed by atoms with E-state index in [0.717, 1.165) is 6.67 Å². The van der Waals surface area contributed by atoms with Crippen molar-refractivity contribution >= 4 is 0 Å². The minimum atomic E-state index is 0.729. The topological polar surface area (TPSA) is 35.6 Å². The van der Waals surface area contributed by atoms with E-state index in [-0.39, 0.29) is 0 Å². The lowest BCUT2D eigenvalue weighted by Gasteiger charge is -2.00. The number of rotatable bonds is 2. The van der Waals surface area contributed by atoms with Crippen molar-refractivity contribution in [1.82, 2.24) is 19.3 Å². The normalized spacial score (nSPS) is 10.2. The fraction of sp³-hybridized carbons (Fsp3) is 0.143. The molecule has 0 N–H and O–H groups in total. The van der Waals surface area contributed by atoms with E-state index in [1.807, 2.05) is 27.7 Å². The fourth-order valence-electron chi connectivity index (χ4n) is 0.922. The molecule has 0 spiro atoms. The van der Waals surface area contributed by atoms with Gasteiger partial charge in [0.05, 0.1) is 6.33 Å². The average molecular weight is 148 g/mol. The molecule has 0 aliphatic carbocycles. The summed E-state index contributed by atoms with van der Waals surface area (Å²) < 4.78 is 3.79. The van der Waals surface area contributed by atoms with Crippen LogP contribution in [-0.4, -0.2) is 19.3 Å². The van der Waals surface area contributed by atoms with E-state index in [2.05, 4.69) is 10.1 Å². The SMILES string of the molecule is c1cnn(Cn2ccnc2)c1. The van der Waals surface area contributed by atoms with E-state index < -0.39 is 0 Å². The van der Waals surface area contributed by atoms with Crippen LogP contribution in [0.4, 0.5) is 0 Å². The molecule has 0 amide bonds. The lowest BCUT2D eigenvalue weighted by molar-refractivity contribution is 0.548. The summed E-state index contributed by atoms with van der Waals surface area (Å²) in [7, 11) is 0. The minimum Gasteiger partial charge on any atom is -0.317 e. The molecule has 2 aromatic rings. The van der Waals surface area contributed by atoms with Gasteiger partial charge in [-0.1, -0.05) is 0 Å². The van der Waals surface area contributed by atoms with Crippen molar-refractivity contribution in [3.05, 3.63) is 37.2 Å². The molecule has 0 fully saturated rings. The first kappa shape index (κ1) is 6.15. The Kier molecular flexibility index (Phi) is 1.44. The van der Waals surface area contributed by atoms with Gasteiger partial charge < -0.3 is 4.57 Å². The van der Waals surface area contributed by atoms with Gasteiger partial charge in [0, 0.05) is 24.8 Å². The Morgan fingerprint density at radius 3 is 2.82 bits per heavy atom. The zero-order valence-corrected chi connectivity index (χ0v) is 5.96. The highest BCUT2D eigenvalue weighted by atomic mass is 15.3. The van der Waals surface area contributed by atoms with Gasteiger partial charge in [0.15, 0.2) is 0 Å². The second-order valence-corrected chi connectivity index (χ2v) is 2.26. The molecule has 4 heteroatoms. The first-order valence-corrected chi connectivity index (χ1v) is 3.38. The number of hydrogen-bond donors (Lipinski definition) is 0. The molecule has 0 aromatic carbocycles. The van der Waals surface area contributed by atoms with Crippen LogP contribution in [-0.2, 0) is 6.67 Å². The minimum absolute atomic E-state index is 0.729. The van der Waals surface area contributed by atoms with E-state index >= 15 is 0 Å². The summed E-state index contributed by atoms with van der Waals surface area (Å²) in [6.07, 6.45) is 9.10. The Hall–Kier alpha value is -1.58. The van der Waals surface area contributed by atoms with Gasteiger partial charge in [0.25, 0.3) is 0 Å². The lowest BCUT2D eigenvalue weighted by Crippen LogP contribution is -2.05. The molecule has 2 rings (SSSR count). The van der Waals surface area contributed by atoms with E-state index in [4.69, 9.17) is 0 Å². The summed E-state index contributed by atoms with van der Waals surface area (Å²) in [5.74, 6) is 0. The fourth-order valence-corrected chi connectivity index (χ4v) is 0.922. The molecule has 56 valence electrons. The highest BCUT2D eigenvalue weighted by Crippen LogP contribution is 1.88. The summed E-state index contributed by atoms with van der Waals surface area (Å²) in [5.41, 5.74) is 0. The van der Waals surface area contributed by atoms with E-state index in [1.54, 1.807) is 18.7 Å². The highest BCUT2D eigenvalue weighted by Gasteiger charge is 1.89. The van der Waals surface area contributed by atoms with Crippen molar-refractivity contribution in [2.24, 2.45) is 0 Å². The molecular weight excluding hydrogens is 140 g/mol. The van der Waals surface area contributed by atoms with Crippen LogP contribution in [0.25, 0.3) is 0 Å². The van der Waals surface area contributed by atoms with E-state index in [0.29, 0.717) is 0 Å². The molecule has 0 aliphatic rings. The van der Waals surface area contributed by atoms with Crippen LogP contribution in [0.1, 0.15) is 0 Å². The molecule has 2 heterocycles. The Morgan fingerprint density at radius 1 is 1.18 bits per heavy atom.